The van der Waals surface area contributed by atoms with E-state index in [0.29, 0.717) is 22.5 Å². The van der Waals surface area contributed by atoms with Crippen molar-refractivity contribution in [1.29, 1.82) is 0 Å². The summed E-state index contributed by atoms with van der Waals surface area (Å²) in [7, 11) is 0. The Morgan fingerprint density at radius 1 is 0.767 bits per heavy atom. The van der Waals surface area contributed by atoms with E-state index in [0.717, 1.165) is 35.2 Å². The predicted octanol–water partition coefficient (Wildman–Crippen LogP) is 4.77. The van der Waals surface area contributed by atoms with Crippen LogP contribution in [-0.2, 0) is 12.8 Å². The number of carbonyl (C=O) groups excluding carboxylic acids is 2. The molecule has 0 amide bonds. The van der Waals surface area contributed by atoms with Gasteiger partial charge in [-0.15, -0.1) is 0 Å². The number of aromatic nitrogens is 1. The first-order valence-corrected chi connectivity index (χ1v) is 10.3. The number of rotatable bonds is 5. The fourth-order valence-corrected chi connectivity index (χ4v) is 3.90. The Hall–Kier alpha value is -3.53. The Balaban J connectivity index is 1.95. The predicted molar refractivity (Wildman–Crippen MR) is 119 cm³/mol. The van der Waals surface area contributed by atoms with Gasteiger partial charge in [-0.05, 0) is 36.5 Å². The Morgan fingerprint density at radius 2 is 1.33 bits per heavy atom. The second-order valence-corrected chi connectivity index (χ2v) is 7.49. The number of anilines is 1. The number of fused-ring (bicyclic) bond motifs is 1. The molecule has 1 aliphatic rings. The van der Waals surface area contributed by atoms with E-state index < -0.39 is 0 Å². The maximum atomic E-state index is 13.5. The van der Waals surface area contributed by atoms with Crippen molar-refractivity contribution in [1.82, 2.24) is 0 Å². The van der Waals surface area contributed by atoms with E-state index in [1.165, 1.54) is 0 Å². The van der Waals surface area contributed by atoms with E-state index in [1.54, 1.807) is 28.8 Å². The van der Waals surface area contributed by atoms with Crippen LogP contribution in [0.25, 0.3) is 5.70 Å². The SMILES string of the molecule is CCc1cccc(CC)c1NC1=C([n+]2ccc(C)cc2)C(=O)c2ccccc2C1=O. The number of allylic oxidation sites excluding steroid dienone is 2. The quantitative estimate of drug-likeness (QED) is 0.631. The first kappa shape index (κ1) is 19.8. The van der Waals surface area contributed by atoms with E-state index in [4.69, 9.17) is 0 Å². The number of benzene rings is 2. The van der Waals surface area contributed by atoms with Crippen LogP contribution in [0.4, 0.5) is 5.69 Å². The third-order valence-electron chi connectivity index (χ3n) is 5.60. The summed E-state index contributed by atoms with van der Waals surface area (Å²) in [4.78, 5) is 27.0. The number of ketones is 2. The van der Waals surface area contributed by atoms with Crippen LogP contribution in [0.15, 0.2) is 72.7 Å². The van der Waals surface area contributed by atoms with Crippen molar-refractivity contribution in [2.75, 3.05) is 5.32 Å². The lowest BCUT2D eigenvalue weighted by Crippen LogP contribution is -2.42. The van der Waals surface area contributed by atoms with Gasteiger partial charge in [0.05, 0.1) is 0 Å². The number of hydrogen-bond acceptors (Lipinski definition) is 3. The van der Waals surface area contributed by atoms with Gasteiger partial charge < -0.3 is 5.32 Å². The van der Waals surface area contributed by atoms with Gasteiger partial charge in [-0.2, -0.15) is 4.57 Å². The van der Waals surface area contributed by atoms with Crippen molar-refractivity contribution in [2.45, 2.75) is 33.6 Å². The van der Waals surface area contributed by atoms with Gasteiger partial charge in [-0.1, -0.05) is 56.3 Å². The number of nitrogens with one attached hydrogen (secondary N) is 1. The van der Waals surface area contributed by atoms with Crippen molar-refractivity contribution in [3.63, 3.8) is 0 Å². The molecule has 1 aromatic heterocycles. The Bertz CT molecular complexity index is 1150. The molecule has 1 aliphatic carbocycles. The number of aryl methyl sites for hydroxylation is 3. The normalized spacial score (nSPS) is 13.4. The molecule has 4 heteroatoms. The summed E-state index contributed by atoms with van der Waals surface area (Å²) in [5, 5.41) is 3.39. The van der Waals surface area contributed by atoms with Crippen LogP contribution in [0.1, 0.15) is 51.3 Å². The van der Waals surface area contributed by atoms with Crippen molar-refractivity contribution in [3.05, 3.63) is 101 Å². The monoisotopic (exact) mass is 397 g/mol. The molecule has 3 aromatic rings. The lowest BCUT2D eigenvalue weighted by molar-refractivity contribution is -0.577. The molecule has 0 unspecified atom stereocenters. The highest BCUT2D eigenvalue weighted by atomic mass is 16.1. The third kappa shape index (κ3) is 3.35. The maximum Gasteiger partial charge on any atom is 0.286 e. The standard InChI is InChI=1S/C26H24N2O2/c1-4-18-9-8-10-19(5-2)22(18)27-23-24(28-15-13-17(3)14-16-28)26(30)21-12-7-6-11-20(21)25(23)29/h6-16H,4-5H2,1-3H3/p+1. The van der Waals surface area contributed by atoms with Crippen LogP contribution in [0.3, 0.4) is 0 Å². The summed E-state index contributed by atoms with van der Waals surface area (Å²) in [5.41, 5.74) is 5.80. The number of nitrogens with zero attached hydrogens (tertiary/aromatic N) is 1. The van der Waals surface area contributed by atoms with Gasteiger partial charge in [-0.3, -0.25) is 9.59 Å². The molecule has 1 heterocycles. The molecule has 0 bridgehead atoms. The largest absolute Gasteiger partial charge is 0.346 e. The van der Waals surface area contributed by atoms with E-state index in [2.05, 4.69) is 31.3 Å². The van der Waals surface area contributed by atoms with Gasteiger partial charge in [0.1, 0.15) is 0 Å². The summed E-state index contributed by atoms with van der Waals surface area (Å²) in [6.45, 7) is 6.17. The van der Waals surface area contributed by atoms with Crippen LogP contribution in [0.2, 0.25) is 0 Å². The first-order chi connectivity index (χ1) is 14.5. The van der Waals surface area contributed by atoms with E-state index >= 15 is 0 Å². The molecule has 0 atom stereocenters. The Morgan fingerprint density at radius 3 is 1.90 bits per heavy atom. The second-order valence-electron chi connectivity index (χ2n) is 7.49. The second kappa shape index (κ2) is 8.07. The molecular formula is C26H25N2O2+. The smallest absolute Gasteiger partial charge is 0.286 e. The zero-order chi connectivity index (χ0) is 21.3. The molecule has 2 aromatic carbocycles. The van der Waals surface area contributed by atoms with Crippen LogP contribution in [0, 0.1) is 6.92 Å². The van der Waals surface area contributed by atoms with Crippen LogP contribution < -0.4 is 9.88 Å². The van der Waals surface area contributed by atoms with Gasteiger partial charge in [0, 0.05) is 28.9 Å². The van der Waals surface area contributed by atoms with Gasteiger partial charge in [-0.25, -0.2) is 0 Å². The Labute approximate surface area is 176 Å². The molecule has 4 rings (SSSR count). The molecule has 150 valence electrons. The molecule has 4 nitrogen and oxygen atoms in total. The number of pyridine rings is 1. The molecule has 0 radical (unpaired) electrons. The average Bonchev–Trinajstić information content (AvgIpc) is 2.78. The topological polar surface area (TPSA) is 50.1 Å². The molecule has 1 N–H and O–H groups in total. The van der Waals surface area contributed by atoms with E-state index in [1.807, 2.05) is 37.5 Å². The van der Waals surface area contributed by atoms with Crippen molar-refractivity contribution in [3.8, 4) is 0 Å². The highest BCUT2D eigenvalue weighted by molar-refractivity contribution is 6.36. The fraction of sp³-hybridized carbons (Fsp3) is 0.192. The third-order valence-corrected chi connectivity index (χ3v) is 5.60. The molecule has 0 fully saturated rings. The first-order valence-electron chi connectivity index (χ1n) is 10.3. The summed E-state index contributed by atoms with van der Waals surface area (Å²) in [5.74, 6) is -0.324. The summed E-state index contributed by atoms with van der Waals surface area (Å²) >= 11 is 0. The highest BCUT2D eigenvalue weighted by Gasteiger charge is 2.38. The summed E-state index contributed by atoms with van der Waals surface area (Å²) in [6, 6.07) is 17.0. The van der Waals surface area contributed by atoms with Gasteiger partial charge in [0.25, 0.3) is 11.5 Å². The average molecular weight is 397 g/mol. The zero-order valence-electron chi connectivity index (χ0n) is 17.5. The van der Waals surface area contributed by atoms with E-state index in [9.17, 15) is 9.59 Å². The van der Waals surface area contributed by atoms with Crippen molar-refractivity contribution >= 4 is 23.0 Å². The molecule has 0 spiro atoms. The van der Waals surface area contributed by atoms with Crippen LogP contribution in [0.5, 0.6) is 0 Å². The Kier molecular flexibility index (Phi) is 5.32. The fourth-order valence-electron chi connectivity index (χ4n) is 3.90. The highest BCUT2D eigenvalue weighted by Crippen LogP contribution is 2.30. The lowest BCUT2D eigenvalue weighted by Gasteiger charge is -2.21. The van der Waals surface area contributed by atoms with Crippen LogP contribution >= 0.6 is 0 Å². The number of Topliss-reactive ketones (excluding diaryl/α,β-unsaturated/α-hetero) is 2. The molecular weight excluding hydrogens is 372 g/mol. The molecule has 0 saturated carbocycles. The van der Waals surface area contributed by atoms with Gasteiger partial charge >= 0.3 is 0 Å². The summed E-state index contributed by atoms with van der Waals surface area (Å²) in [6.07, 6.45) is 5.32. The summed E-state index contributed by atoms with van der Waals surface area (Å²) < 4.78 is 1.74. The molecule has 0 saturated heterocycles. The number of carbonyl (C=O) groups is 2. The minimum absolute atomic E-state index is 0.159. The van der Waals surface area contributed by atoms with Gasteiger partial charge in [0.2, 0.25) is 5.78 Å². The lowest BCUT2D eigenvalue weighted by atomic mass is 9.89. The van der Waals surface area contributed by atoms with Crippen molar-refractivity contribution in [2.24, 2.45) is 0 Å². The van der Waals surface area contributed by atoms with Crippen molar-refractivity contribution < 1.29 is 14.2 Å². The van der Waals surface area contributed by atoms with Gasteiger partial charge in [0.15, 0.2) is 18.1 Å². The number of para-hydroxylation sites is 1. The molecule has 0 aliphatic heterocycles. The zero-order valence-corrected chi connectivity index (χ0v) is 17.5. The maximum absolute atomic E-state index is 13.5. The number of hydrogen-bond donors (Lipinski definition) is 1. The minimum Gasteiger partial charge on any atom is -0.346 e. The minimum atomic E-state index is -0.166. The van der Waals surface area contributed by atoms with E-state index in [-0.39, 0.29) is 11.6 Å². The van der Waals surface area contributed by atoms with Crippen LogP contribution in [-0.4, -0.2) is 11.6 Å². The molecule has 30 heavy (non-hydrogen) atoms.